The molecule has 3 rings (SSSR count). The van der Waals surface area contributed by atoms with Gasteiger partial charge in [-0.15, -0.1) is 0 Å². The molecule has 1 aromatic rings. The molecule has 22 heavy (non-hydrogen) atoms. The Hall–Kier alpha value is -1.78. The number of carbonyl (C=O) groups is 1. The quantitative estimate of drug-likeness (QED) is 0.867. The minimum atomic E-state index is -0.303. The molecule has 2 aliphatic rings. The number of carbonyl (C=O) groups excluding carboxylic acids is 1. The van der Waals surface area contributed by atoms with Gasteiger partial charge in [-0.1, -0.05) is 12.8 Å². The van der Waals surface area contributed by atoms with Crippen molar-refractivity contribution >= 4 is 11.7 Å². The third-order valence-electron chi connectivity index (χ3n) is 4.92. The van der Waals surface area contributed by atoms with Gasteiger partial charge in [0.1, 0.15) is 5.69 Å². The number of nitrogens with zero attached hydrogens (tertiary/aromatic N) is 2. The standard InChI is InChI=1S/C17H25N3O2/c1-16(2,3)20-10-6-7-13(14(20)21)18-15(22)19-11-17(12-19)8-4-5-9-17/h6-7,10H,4-5,8-9,11-12H2,1-3H3,(H,18,22). The van der Waals surface area contributed by atoms with Gasteiger partial charge in [0.15, 0.2) is 0 Å². The summed E-state index contributed by atoms with van der Waals surface area (Å²) in [6.07, 6.45) is 6.79. The fourth-order valence-electron chi connectivity index (χ4n) is 3.66. The maximum atomic E-state index is 12.5. The van der Waals surface area contributed by atoms with Gasteiger partial charge in [-0.2, -0.15) is 0 Å². The van der Waals surface area contributed by atoms with Gasteiger partial charge in [0.05, 0.1) is 0 Å². The van der Waals surface area contributed by atoms with Crippen LogP contribution in [0, 0.1) is 5.41 Å². The summed E-state index contributed by atoms with van der Waals surface area (Å²) in [7, 11) is 0. The molecule has 1 saturated heterocycles. The number of urea groups is 1. The van der Waals surface area contributed by atoms with Crippen molar-refractivity contribution < 1.29 is 4.79 Å². The van der Waals surface area contributed by atoms with Crippen molar-refractivity contribution in [2.45, 2.75) is 52.0 Å². The van der Waals surface area contributed by atoms with E-state index in [9.17, 15) is 9.59 Å². The fourth-order valence-corrected chi connectivity index (χ4v) is 3.66. The number of rotatable bonds is 1. The number of nitrogens with one attached hydrogen (secondary N) is 1. The van der Waals surface area contributed by atoms with Gasteiger partial charge in [0.2, 0.25) is 0 Å². The molecule has 2 amide bonds. The zero-order valence-corrected chi connectivity index (χ0v) is 13.7. The lowest BCUT2D eigenvalue weighted by molar-refractivity contribution is 0.0430. The van der Waals surface area contributed by atoms with E-state index in [2.05, 4.69) is 5.32 Å². The third kappa shape index (κ3) is 2.64. The average Bonchev–Trinajstić information content (AvgIpc) is 2.87. The van der Waals surface area contributed by atoms with E-state index >= 15 is 0 Å². The summed E-state index contributed by atoms with van der Waals surface area (Å²) < 4.78 is 1.65. The molecule has 1 aliphatic carbocycles. The first kappa shape index (κ1) is 15.1. The third-order valence-corrected chi connectivity index (χ3v) is 4.92. The second kappa shape index (κ2) is 5.14. The first-order valence-electron chi connectivity index (χ1n) is 8.09. The highest BCUT2D eigenvalue weighted by Crippen LogP contribution is 2.45. The summed E-state index contributed by atoms with van der Waals surface area (Å²) in [5.41, 5.74) is 0.275. The van der Waals surface area contributed by atoms with Crippen LogP contribution in [-0.4, -0.2) is 28.6 Å². The number of hydrogen-bond donors (Lipinski definition) is 1. The van der Waals surface area contributed by atoms with Crippen molar-refractivity contribution in [1.29, 1.82) is 0 Å². The highest BCUT2D eigenvalue weighted by molar-refractivity contribution is 5.89. The summed E-state index contributed by atoms with van der Waals surface area (Å²) in [6, 6.07) is 3.33. The molecule has 5 nitrogen and oxygen atoms in total. The van der Waals surface area contributed by atoms with Gasteiger partial charge in [0.25, 0.3) is 5.56 Å². The predicted molar refractivity (Wildman–Crippen MR) is 87.2 cm³/mol. The Balaban J connectivity index is 1.69. The van der Waals surface area contributed by atoms with Crippen LogP contribution < -0.4 is 10.9 Å². The lowest BCUT2D eigenvalue weighted by Gasteiger charge is -2.48. The van der Waals surface area contributed by atoms with Crippen LogP contribution in [0.25, 0.3) is 0 Å². The Morgan fingerprint density at radius 2 is 1.86 bits per heavy atom. The van der Waals surface area contributed by atoms with Crippen molar-refractivity contribution in [2.24, 2.45) is 5.41 Å². The number of likely N-dealkylation sites (tertiary alicyclic amines) is 1. The van der Waals surface area contributed by atoms with Crippen molar-refractivity contribution in [3.05, 3.63) is 28.7 Å². The second-order valence-corrected chi connectivity index (χ2v) is 7.76. The largest absolute Gasteiger partial charge is 0.323 e. The van der Waals surface area contributed by atoms with E-state index in [-0.39, 0.29) is 17.1 Å². The molecule has 120 valence electrons. The van der Waals surface area contributed by atoms with Gasteiger partial charge < -0.3 is 14.8 Å². The Morgan fingerprint density at radius 3 is 2.45 bits per heavy atom. The molecule has 0 atom stereocenters. The molecule has 0 aromatic carbocycles. The van der Waals surface area contributed by atoms with Crippen LogP contribution in [0.1, 0.15) is 46.5 Å². The molecule has 0 bridgehead atoms. The lowest BCUT2D eigenvalue weighted by Crippen LogP contribution is -2.58. The normalized spacial score (nSPS) is 20.0. The van der Waals surface area contributed by atoms with Gasteiger partial charge in [-0.05, 0) is 45.7 Å². The van der Waals surface area contributed by atoms with Crippen molar-refractivity contribution in [2.75, 3.05) is 18.4 Å². The molecule has 2 heterocycles. The van der Waals surface area contributed by atoms with E-state index in [0.29, 0.717) is 11.1 Å². The zero-order valence-electron chi connectivity index (χ0n) is 13.7. The van der Waals surface area contributed by atoms with E-state index in [1.807, 2.05) is 25.7 Å². The van der Waals surface area contributed by atoms with Crippen LogP contribution in [0.5, 0.6) is 0 Å². The molecule has 1 saturated carbocycles. The van der Waals surface area contributed by atoms with E-state index in [1.54, 1.807) is 22.9 Å². The molecule has 1 N–H and O–H groups in total. The predicted octanol–water partition coefficient (Wildman–Crippen LogP) is 3.01. The molecule has 1 aromatic heterocycles. The Morgan fingerprint density at radius 1 is 1.23 bits per heavy atom. The first-order chi connectivity index (χ1) is 10.3. The number of aromatic nitrogens is 1. The van der Waals surface area contributed by atoms with Gasteiger partial charge in [-0.25, -0.2) is 4.79 Å². The molecule has 1 spiro atoms. The van der Waals surface area contributed by atoms with Gasteiger partial charge in [-0.3, -0.25) is 4.79 Å². The smallest absolute Gasteiger partial charge is 0.322 e. The SMILES string of the molecule is CC(C)(C)n1cccc(NC(=O)N2CC3(CCCC3)C2)c1=O. The van der Waals surface area contributed by atoms with Crippen LogP contribution >= 0.6 is 0 Å². The highest BCUT2D eigenvalue weighted by Gasteiger charge is 2.46. The Labute approximate surface area is 131 Å². The monoisotopic (exact) mass is 303 g/mol. The van der Waals surface area contributed by atoms with Crippen LogP contribution in [0.2, 0.25) is 0 Å². The van der Waals surface area contributed by atoms with Crippen molar-refractivity contribution in [3.63, 3.8) is 0 Å². The fraction of sp³-hybridized carbons (Fsp3) is 0.647. The number of amides is 2. The maximum Gasteiger partial charge on any atom is 0.322 e. The molecule has 0 radical (unpaired) electrons. The van der Waals surface area contributed by atoms with Gasteiger partial charge >= 0.3 is 6.03 Å². The van der Waals surface area contributed by atoms with Crippen LogP contribution in [0.3, 0.4) is 0 Å². The first-order valence-corrected chi connectivity index (χ1v) is 8.09. The van der Waals surface area contributed by atoms with Crippen LogP contribution in [-0.2, 0) is 5.54 Å². The van der Waals surface area contributed by atoms with Crippen molar-refractivity contribution in [3.8, 4) is 0 Å². The average molecular weight is 303 g/mol. The number of pyridine rings is 1. The van der Waals surface area contributed by atoms with E-state index in [1.165, 1.54) is 25.7 Å². The minimum absolute atomic E-state index is 0.152. The van der Waals surface area contributed by atoms with Crippen molar-refractivity contribution in [1.82, 2.24) is 9.47 Å². The second-order valence-electron chi connectivity index (χ2n) is 7.76. The molecule has 0 unspecified atom stereocenters. The highest BCUT2D eigenvalue weighted by atomic mass is 16.2. The maximum absolute atomic E-state index is 12.5. The summed E-state index contributed by atoms with van der Waals surface area (Å²) in [4.78, 5) is 26.6. The number of hydrogen-bond acceptors (Lipinski definition) is 2. The number of anilines is 1. The Kier molecular flexibility index (Phi) is 3.54. The van der Waals surface area contributed by atoms with Crippen LogP contribution in [0.4, 0.5) is 10.5 Å². The lowest BCUT2D eigenvalue weighted by atomic mass is 9.78. The molecular formula is C17H25N3O2. The summed E-state index contributed by atoms with van der Waals surface area (Å²) in [5, 5.41) is 2.78. The molecule has 5 heteroatoms. The summed E-state index contributed by atoms with van der Waals surface area (Å²) in [5.74, 6) is 0. The van der Waals surface area contributed by atoms with E-state index in [4.69, 9.17) is 0 Å². The van der Waals surface area contributed by atoms with Crippen LogP contribution in [0.15, 0.2) is 23.1 Å². The molecule has 2 fully saturated rings. The topological polar surface area (TPSA) is 54.3 Å². The minimum Gasteiger partial charge on any atom is -0.323 e. The molecule has 1 aliphatic heterocycles. The Bertz CT molecular complexity index is 628. The summed E-state index contributed by atoms with van der Waals surface area (Å²) in [6.45, 7) is 7.58. The zero-order chi connectivity index (χ0) is 16.0. The molecular weight excluding hydrogens is 278 g/mol. The van der Waals surface area contributed by atoms with E-state index < -0.39 is 0 Å². The van der Waals surface area contributed by atoms with E-state index in [0.717, 1.165) is 13.1 Å². The summed E-state index contributed by atoms with van der Waals surface area (Å²) >= 11 is 0. The van der Waals surface area contributed by atoms with Gasteiger partial charge in [0, 0.05) is 30.2 Å².